The first kappa shape index (κ1) is 16.4. The lowest BCUT2D eigenvalue weighted by Gasteiger charge is -2.09. The molecule has 1 N–H and O–H groups in total. The number of ether oxygens (including phenoxy) is 3. The Bertz CT molecular complexity index is 696. The van der Waals surface area contributed by atoms with Gasteiger partial charge in [-0.25, -0.2) is 5.43 Å². The number of amides is 1. The summed E-state index contributed by atoms with van der Waals surface area (Å²) in [7, 11) is 4.68. The Kier molecular flexibility index (Phi) is 5.57. The Balaban J connectivity index is 2.07. The van der Waals surface area contributed by atoms with Gasteiger partial charge in [-0.15, -0.1) is 0 Å². The van der Waals surface area contributed by atoms with Crippen molar-refractivity contribution in [3.05, 3.63) is 53.6 Å². The molecule has 0 unspecified atom stereocenters. The predicted octanol–water partition coefficient (Wildman–Crippen LogP) is 2.48. The van der Waals surface area contributed by atoms with Crippen molar-refractivity contribution in [2.45, 2.75) is 0 Å². The summed E-state index contributed by atoms with van der Waals surface area (Å²) in [6.45, 7) is 0. The molecule has 2 rings (SSSR count). The molecule has 6 heteroatoms. The van der Waals surface area contributed by atoms with Crippen molar-refractivity contribution >= 4 is 12.1 Å². The molecule has 0 radical (unpaired) electrons. The molecule has 0 aliphatic rings. The topological polar surface area (TPSA) is 69.2 Å². The fourth-order valence-electron chi connectivity index (χ4n) is 1.98. The molecule has 0 aliphatic carbocycles. The van der Waals surface area contributed by atoms with E-state index in [0.717, 1.165) is 0 Å². The number of para-hydroxylation sites is 1. The van der Waals surface area contributed by atoms with E-state index in [1.807, 2.05) is 12.1 Å². The average molecular weight is 314 g/mol. The van der Waals surface area contributed by atoms with Crippen LogP contribution in [0.2, 0.25) is 0 Å². The van der Waals surface area contributed by atoms with Crippen LogP contribution in [0.25, 0.3) is 0 Å². The van der Waals surface area contributed by atoms with Gasteiger partial charge in [0.1, 0.15) is 5.75 Å². The number of benzene rings is 2. The SMILES string of the molecule is COc1ccc(C(=O)N/N=C\c2cccc(OC)c2OC)cc1. The molecule has 2 aromatic carbocycles. The predicted molar refractivity (Wildman–Crippen MR) is 87.6 cm³/mol. The molecular weight excluding hydrogens is 296 g/mol. The molecule has 2 aromatic rings. The third kappa shape index (κ3) is 4.00. The van der Waals surface area contributed by atoms with Gasteiger partial charge in [0.05, 0.1) is 27.5 Å². The van der Waals surface area contributed by atoms with E-state index in [4.69, 9.17) is 14.2 Å². The van der Waals surface area contributed by atoms with Gasteiger partial charge in [-0.1, -0.05) is 6.07 Å². The summed E-state index contributed by atoms with van der Waals surface area (Å²) < 4.78 is 15.5. The second kappa shape index (κ2) is 7.84. The largest absolute Gasteiger partial charge is 0.497 e. The Hall–Kier alpha value is -3.02. The highest BCUT2D eigenvalue weighted by Gasteiger charge is 2.08. The second-order valence-electron chi connectivity index (χ2n) is 4.51. The number of hydrogen-bond acceptors (Lipinski definition) is 5. The quantitative estimate of drug-likeness (QED) is 0.657. The third-order valence-electron chi connectivity index (χ3n) is 3.16. The molecule has 0 heterocycles. The summed E-state index contributed by atoms with van der Waals surface area (Å²) >= 11 is 0. The lowest BCUT2D eigenvalue weighted by atomic mass is 10.2. The van der Waals surface area contributed by atoms with Gasteiger partial charge < -0.3 is 14.2 Å². The van der Waals surface area contributed by atoms with Gasteiger partial charge in [0.2, 0.25) is 0 Å². The molecule has 6 nitrogen and oxygen atoms in total. The molecule has 0 fully saturated rings. The molecule has 0 aromatic heterocycles. The number of nitrogens with zero attached hydrogens (tertiary/aromatic N) is 1. The lowest BCUT2D eigenvalue weighted by molar-refractivity contribution is 0.0955. The molecule has 120 valence electrons. The van der Waals surface area contributed by atoms with Crippen molar-refractivity contribution in [1.82, 2.24) is 5.43 Å². The zero-order valence-electron chi connectivity index (χ0n) is 13.2. The van der Waals surface area contributed by atoms with Gasteiger partial charge in [-0.05, 0) is 36.4 Å². The summed E-state index contributed by atoms with van der Waals surface area (Å²) in [5.41, 5.74) is 3.65. The first-order valence-corrected chi connectivity index (χ1v) is 6.88. The Morgan fingerprint density at radius 2 is 1.74 bits per heavy atom. The molecule has 1 amide bonds. The van der Waals surface area contributed by atoms with Gasteiger partial charge in [0, 0.05) is 11.1 Å². The molecular formula is C17H18N2O4. The minimum atomic E-state index is -0.314. The lowest BCUT2D eigenvalue weighted by Crippen LogP contribution is -2.17. The molecule has 23 heavy (non-hydrogen) atoms. The summed E-state index contributed by atoms with van der Waals surface area (Å²) in [5, 5.41) is 3.95. The smallest absolute Gasteiger partial charge is 0.271 e. The van der Waals surface area contributed by atoms with Gasteiger partial charge in [-0.3, -0.25) is 4.79 Å². The van der Waals surface area contributed by atoms with E-state index < -0.39 is 0 Å². The summed E-state index contributed by atoms with van der Waals surface area (Å²) in [6.07, 6.45) is 1.50. The summed E-state index contributed by atoms with van der Waals surface area (Å²) in [6, 6.07) is 12.2. The zero-order valence-corrected chi connectivity index (χ0v) is 13.2. The van der Waals surface area contributed by atoms with Crippen LogP contribution in [0.1, 0.15) is 15.9 Å². The second-order valence-corrected chi connectivity index (χ2v) is 4.51. The van der Waals surface area contributed by atoms with Crippen LogP contribution >= 0.6 is 0 Å². The molecule has 0 spiro atoms. The van der Waals surface area contributed by atoms with E-state index in [1.165, 1.54) is 6.21 Å². The van der Waals surface area contributed by atoms with Crippen LogP contribution in [0.3, 0.4) is 0 Å². The molecule has 0 saturated heterocycles. The minimum absolute atomic E-state index is 0.314. The van der Waals surface area contributed by atoms with E-state index in [2.05, 4.69) is 10.5 Å². The number of rotatable bonds is 6. The number of hydrazone groups is 1. The average Bonchev–Trinajstić information content (AvgIpc) is 2.61. The van der Waals surface area contributed by atoms with E-state index in [9.17, 15) is 4.79 Å². The maximum absolute atomic E-state index is 12.0. The van der Waals surface area contributed by atoms with Crippen LogP contribution < -0.4 is 19.6 Å². The van der Waals surface area contributed by atoms with Crippen LogP contribution in [0.5, 0.6) is 17.2 Å². The van der Waals surface area contributed by atoms with Crippen molar-refractivity contribution in [1.29, 1.82) is 0 Å². The molecule has 0 saturated carbocycles. The van der Waals surface area contributed by atoms with Gasteiger partial charge in [-0.2, -0.15) is 5.10 Å². The monoisotopic (exact) mass is 314 g/mol. The minimum Gasteiger partial charge on any atom is -0.497 e. The normalized spacial score (nSPS) is 10.4. The number of hydrogen-bond donors (Lipinski definition) is 1. The first-order valence-electron chi connectivity index (χ1n) is 6.88. The van der Waals surface area contributed by atoms with Crippen LogP contribution in [0.4, 0.5) is 0 Å². The van der Waals surface area contributed by atoms with Crippen molar-refractivity contribution in [3.63, 3.8) is 0 Å². The van der Waals surface area contributed by atoms with Crippen molar-refractivity contribution in [2.75, 3.05) is 21.3 Å². The Morgan fingerprint density at radius 1 is 1.00 bits per heavy atom. The van der Waals surface area contributed by atoms with Crippen LogP contribution in [-0.4, -0.2) is 33.5 Å². The number of carbonyl (C=O) groups is 1. The van der Waals surface area contributed by atoms with E-state index in [-0.39, 0.29) is 5.91 Å². The van der Waals surface area contributed by atoms with Gasteiger partial charge in [0.25, 0.3) is 5.91 Å². The number of nitrogens with one attached hydrogen (secondary N) is 1. The highest BCUT2D eigenvalue weighted by molar-refractivity contribution is 5.95. The molecule has 0 bridgehead atoms. The fraction of sp³-hybridized carbons (Fsp3) is 0.176. The highest BCUT2D eigenvalue weighted by Crippen LogP contribution is 2.29. The standard InChI is InChI=1S/C17H18N2O4/c1-21-14-9-7-12(8-10-14)17(20)19-18-11-13-5-4-6-15(22-2)16(13)23-3/h4-11H,1-3H3,(H,19,20)/b18-11-. The maximum Gasteiger partial charge on any atom is 0.271 e. The van der Waals surface area contributed by atoms with Crippen molar-refractivity contribution in [2.24, 2.45) is 5.10 Å². The summed E-state index contributed by atoms with van der Waals surface area (Å²) in [4.78, 5) is 12.0. The van der Waals surface area contributed by atoms with Crippen LogP contribution in [-0.2, 0) is 0 Å². The van der Waals surface area contributed by atoms with Crippen molar-refractivity contribution < 1.29 is 19.0 Å². The zero-order chi connectivity index (χ0) is 16.7. The van der Waals surface area contributed by atoms with E-state index in [0.29, 0.717) is 28.4 Å². The fourth-order valence-corrected chi connectivity index (χ4v) is 1.98. The number of methoxy groups -OCH3 is 3. The van der Waals surface area contributed by atoms with Crippen LogP contribution in [0.15, 0.2) is 47.6 Å². The van der Waals surface area contributed by atoms with E-state index >= 15 is 0 Å². The maximum atomic E-state index is 12.0. The van der Waals surface area contributed by atoms with Gasteiger partial charge >= 0.3 is 0 Å². The highest BCUT2D eigenvalue weighted by atomic mass is 16.5. The summed E-state index contributed by atoms with van der Waals surface area (Å²) in [5.74, 6) is 1.52. The van der Waals surface area contributed by atoms with E-state index in [1.54, 1.807) is 51.7 Å². The molecule has 0 aliphatic heterocycles. The number of carbonyl (C=O) groups excluding carboxylic acids is 1. The third-order valence-corrected chi connectivity index (χ3v) is 3.16. The van der Waals surface area contributed by atoms with Crippen molar-refractivity contribution in [3.8, 4) is 17.2 Å². The Morgan fingerprint density at radius 3 is 2.35 bits per heavy atom. The molecule has 0 atom stereocenters. The van der Waals surface area contributed by atoms with Gasteiger partial charge in [0.15, 0.2) is 11.5 Å². The Labute approximate surface area is 134 Å². The first-order chi connectivity index (χ1) is 11.2. The van der Waals surface area contributed by atoms with Crippen LogP contribution in [0, 0.1) is 0 Å².